The first-order valence-corrected chi connectivity index (χ1v) is 12.5. The molecular weight excluding hydrogens is 430 g/mol. The standard InChI is InChI=1S/C24H29N3O.C7H8/c1-18-9-11-19(12-10-18)15-22(28)21-16-25-27-23(21)26(14-13-24(27,2)3)17-20-7-5-4-6-8-20;1-7-5-3-2-4-6-7/h4-12,25H,13-17H2,1-3H3;2-6H,1H3. The van der Waals surface area contributed by atoms with Crippen LogP contribution in [0.15, 0.2) is 96.3 Å². The average molecular weight is 468 g/mol. The Hall–Kier alpha value is -3.37. The van der Waals surface area contributed by atoms with Gasteiger partial charge in [-0.3, -0.25) is 9.80 Å². The maximum absolute atomic E-state index is 13.2. The average Bonchev–Trinajstić information content (AvgIpc) is 3.31. The highest BCUT2D eigenvalue weighted by Crippen LogP contribution is 2.36. The van der Waals surface area contributed by atoms with Gasteiger partial charge in [0.1, 0.15) is 5.82 Å². The Kier molecular flexibility index (Phi) is 7.72. The second kappa shape index (κ2) is 10.9. The minimum atomic E-state index is -0.00555. The Morgan fingerprint density at radius 3 is 2.03 bits per heavy atom. The molecule has 1 fully saturated rings. The van der Waals surface area contributed by atoms with E-state index in [1.807, 2.05) is 24.3 Å². The lowest BCUT2D eigenvalue weighted by Crippen LogP contribution is -2.56. The number of carbonyl (C=O) groups excluding carboxylic acids is 1. The number of hydrazine groups is 1. The molecule has 0 bridgehead atoms. The van der Waals surface area contributed by atoms with Gasteiger partial charge in [0.05, 0.1) is 11.1 Å². The number of nitrogens with one attached hydrogen (secondary N) is 1. The zero-order valence-electron chi connectivity index (χ0n) is 21.4. The highest BCUT2D eigenvalue weighted by molar-refractivity contribution is 5.98. The van der Waals surface area contributed by atoms with E-state index < -0.39 is 0 Å². The number of Topliss-reactive ketones (excluding diaryl/α,β-unsaturated/α-hetero) is 1. The molecule has 35 heavy (non-hydrogen) atoms. The quantitative estimate of drug-likeness (QED) is 0.513. The van der Waals surface area contributed by atoms with E-state index >= 15 is 0 Å². The molecule has 2 heterocycles. The Bertz CT molecular complexity index is 1150. The molecule has 2 aliphatic rings. The van der Waals surface area contributed by atoms with Gasteiger partial charge in [-0.15, -0.1) is 0 Å². The van der Waals surface area contributed by atoms with Gasteiger partial charge in [0, 0.05) is 26.1 Å². The van der Waals surface area contributed by atoms with Crippen LogP contribution in [0.2, 0.25) is 0 Å². The van der Waals surface area contributed by atoms with Gasteiger partial charge in [0.15, 0.2) is 5.78 Å². The van der Waals surface area contributed by atoms with E-state index in [0.29, 0.717) is 13.0 Å². The molecule has 0 aliphatic carbocycles. The number of aryl methyl sites for hydroxylation is 2. The second-order valence-electron chi connectivity index (χ2n) is 10.2. The zero-order valence-corrected chi connectivity index (χ0v) is 21.4. The van der Waals surface area contributed by atoms with Gasteiger partial charge >= 0.3 is 0 Å². The lowest BCUT2D eigenvalue weighted by Gasteiger charge is -2.48. The predicted molar refractivity (Wildman–Crippen MR) is 143 cm³/mol. The van der Waals surface area contributed by atoms with Crippen LogP contribution in [-0.2, 0) is 17.8 Å². The normalized spacial score (nSPS) is 16.5. The van der Waals surface area contributed by atoms with Crippen molar-refractivity contribution in [1.82, 2.24) is 15.3 Å². The molecule has 2 aliphatic heterocycles. The molecule has 1 saturated heterocycles. The molecule has 3 aromatic rings. The number of fused-ring (bicyclic) bond motifs is 1. The number of hydrogen-bond donors (Lipinski definition) is 1. The Balaban J connectivity index is 0.000000356. The van der Waals surface area contributed by atoms with Crippen LogP contribution in [0.3, 0.4) is 0 Å². The van der Waals surface area contributed by atoms with Gasteiger partial charge < -0.3 is 4.90 Å². The van der Waals surface area contributed by atoms with Crippen molar-refractivity contribution in [2.75, 3.05) is 13.1 Å². The number of nitrogens with zero attached hydrogens (tertiary/aromatic N) is 2. The topological polar surface area (TPSA) is 35.6 Å². The molecule has 0 atom stereocenters. The van der Waals surface area contributed by atoms with Gasteiger partial charge in [-0.1, -0.05) is 96.1 Å². The first-order chi connectivity index (χ1) is 16.8. The molecule has 0 amide bonds. The highest BCUT2D eigenvalue weighted by Gasteiger charge is 2.42. The lowest BCUT2D eigenvalue weighted by molar-refractivity contribution is -0.115. The summed E-state index contributed by atoms with van der Waals surface area (Å²) in [6, 6.07) is 29.0. The van der Waals surface area contributed by atoms with Gasteiger partial charge in [-0.25, -0.2) is 5.43 Å². The molecule has 0 spiro atoms. The van der Waals surface area contributed by atoms with Crippen LogP contribution in [-0.4, -0.2) is 34.3 Å². The maximum Gasteiger partial charge on any atom is 0.168 e. The van der Waals surface area contributed by atoms with Crippen molar-refractivity contribution in [3.8, 4) is 0 Å². The summed E-state index contributed by atoms with van der Waals surface area (Å²) in [7, 11) is 0. The van der Waals surface area contributed by atoms with Crippen LogP contribution >= 0.6 is 0 Å². The molecule has 0 radical (unpaired) electrons. The Morgan fingerprint density at radius 2 is 1.43 bits per heavy atom. The molecule has 3 aromatic carbocycles. The molecule has 0 aromatic heterocycles. The highest BCUT2D eigenvalue weighted by atomic mass is 16.1. The fourth-order valence-corrected chi connectivity index (χ4v) is 4.62. The number of rotatable bonds is 5. The Labute approximate surface area is 210 Å². The lowest BCUT2D eigenvalue weighted by atomic mass is 9.95. The molecule has 1 N–H and O–H groups in total. The van der Waals surface area contributed by atoms with Crippen molar-refractivity contribution in [3.63, 3.8) is 0 Å². The third-order valence-electron chi connectivity index (χ3n) is 6.77. The summed E-state index contributed by atoms with van der Waals surface area (Å²) >= 11 is 0. The first kappa shape index (κ1) is 24.7. The molecular formula is C31H37N3O. The van der Waals surface area contributed by atoms with E-state index in [-0.39, 0.29) is 11.3 Å². The fourth-order valence-electron chi connectivity index (χ4n) is 4.62. The summed E-state index contributed by atoms with van der Waals surface area (Å²) in [5, 5.41) is 2.22. The third kappa shape index (κ3) is 6.20. The number of ketones is 1. The van der Waals surface area contributed by atoms with Gasteiger partial charge in [0.25, 0.3) is 0 Å². The van der Waals surface area contributed by atoms with E-state index in [1.165, 1.54) is 16.7 Å². The molecule has 0 unspecified atom stereocenters. The SMILES string of the molecule is Cc1ccc(CC(=O)C2=C3N(Cc4ccccc4)CCC(C)(C)N3NC2)cc1.Cc1ccccc1. The smallest absolute Gasteiger partial charge is 0.168 e. The summed E-state index contributed by atoms with van der Waals surface area (Å²) in [5.74, 6) is 1.28. The van der Waals surface area contributed by atoms with Crippen molar-refractivity contribution in [2.24, 2.45) is 0 Å². The summed E-state index contributed by atoms with van der Waals surface area (Å²) < 4.78 is 0. The third-order valence-corrected chi connectivity index (χ3v) is 6.77. The first-order valence-electron chi connectivity index (χ1n) is 12.5. The van der Waals surface area contributed by atoms with E-state index in [1.54, 1.807) is 0 Å². The van der Waals surface area contributed by atoms with Crippen LogP contribution in [0.4, 0.5) is 0 Å². The molecule has 182 valence electrons. The van der Waals surface area contributed by atoms with Crippen LogP contribution in [0.1, 0.15) is 42.5 Å². The van der Waals surface area contributed by atoms with Crippen molar-refractivity contribution < 1.29 is 4.79 Å². The van der Waals surface area contributed by atoms with E-state index in [9.17, 15) is 4.79 Å². The van der Waals surface area contributed by atoms with Crippen molar-refractivity contribution >= 4 is 5.78 Å². The van der Waals surface area contributed by atoms with Crippen LogP contribution in [0.25, 0.3) is 0 Å². The summed E-state index contributed by atoms with van der Waals surface area (Å²) in [4.78, 5) is 15.6. The molecule has 5 rings (SSSR count). The summed E-state index contributed by atoms with van der Waals surface area (Å²) in [6.07, 6.45) is 1.50. The maximum atomic E-state index is 13.2. The summed E-state index contributed by atoms with van der Waals surface area (Å²) in [6.45, 7) is 11.0. The number of carbonyl (C=O) groups is 1. The van der Waals surface area contributed by atoms with Crippen molar-refractivity contribution in [1.29, 1.82) is 0 Å². The van der Waals surface area contributed by atoms with Gasteiger partial charge in [-0.2, -0.15) is 0 Å². The van der Waals surface area contributed by atoms with Gasteiger partial charge in [-0.05, 0) is 45.2 Å². The van der Waals surface area contributed by atoms with Crippen LogP contribution < -0.4 is 5.43 Å². The zero-order chi connectivity index (χ0) is 24.8. The number of hydrogen-bond acceptors (Lipinski definition) is 4. The van der Waals surface area contributed by atoms with Crippen molar-refractivity contribution in [2.45, 2.75) is 52.6 Å². The van der Waals surface area contributed by atoms with E-state index in [0.717, 1.165) is 36.5 Å². The van der Waals surface area contributed by atoms with Crippen LogP contribution in [0.5, 0.6) is 0 Å². The van der Waals surface area contributed by atoms with Gasteiger partial charge in [0.2, 0.25) is 0 Å². The predicted octanol–water partition coefficient (Wildman–Crippen LogP) is 5.82. The second-order valence-corrected chi connectivity index (χ2v) is 10.2. The monoisotopic (exact) mass is 467 g/mol. The van der Waals surface area contributed by atoms with Crippen molar-refractivity contribution in [3.05, 3.63) is 119 Å². The summed E-state index contributed by atoms with van der Waals surface area (Å²) in [5.41, 5.74) is 9.27. The van der Waals surface area contributed by atoms with Crippen LogP contribution in [0, 0.1) is 13.8 Å². The Morgan fingerprint density at radius 1 is 0.829 bits per heavy atom. The number of benzene rings is 3. The molecule has 4 heteroatoms. The largest absolute Gasteiger partial charge is 0.352 e. The molecule has 0 saturated carbocycles. The minimum Gasteiger partial charge on any atom is -0.352 e. The fraction of sp³-hybridized carbons (Fsp3) is 0.323. The van der Waals surface area contributed by atoms with E-state index in [2.05, 4.69) is 104 Å². The molecule has 4 nitrogen and oxygen atoms in total. The van der Waals surface area contributed by atoms with E-state index in [4.69, 9.17) is 0 Å². The minimum absolute atomic E-state index is 0.00555.